The highest BCUT2D eigenvalue weighted by atomic mass is 19.1. The predicted octanol–water partition coefficient (Wildman–Crippen LogP) is 8.61. The summed E-state index contributed by atoms with van der Waals surface area (Å²) in [7, 11) is 1.60. The zero-order chi connectivity index (χ0) is 32.5. The number of phenols is 1. The maximum atomic E-state index is 12.7. The molecule has 1 fully saturated rings. The number of ether oxygens (including phenoxy) is 3. The van der Waals surface area contributed by atoms with Crippen molar-refractivity contribution in [1.82, 2.24) is 0 Å². The fourth-order valence-electron chi connectivity index (χ4n) is 5.13. The highest BCUT2D eigenvalue weighted by Crippen LogP contribution is 2.40. The van der Waals surface area contributed by atoms with E-state index in [4.69, 9.17) is 14.2 Å². The summed E-state index contributed by atoms with van der Waals surface area (Å²) in [5, 5.41) is 19.2. The number of benzene rings is 5. The number of halogens is 1. The first kappa shape index (κ1) is 32.1. The second-order valence-corrected chi connectivity index (χ2v) is 10.7. The third-order valence-corrected chi connectivity index (χ3v) is 7.65. The van der Waals surface area contributed by atoms with E-state index in [1.165, 1.54) is 12.1 Å². The number of hydrogen-bond donors (Lipinski definition) is 2. The SMILES string of the molecule is CCC(O)c1ccc(F)cc1.COc1ccc(N2C(=O)OCC2c2ccc(-c3cccc(O)c3)cc2OCc2ccccc2)cc1. The molecule has 0 saturated carbocycles. The molecule has 5 aromatic carbocycles. The van der Waals surface area contributed by atoms with Gasteiger partial charge in [-0.1, -0.05) is 73.7 Å². The number of methoxy groups -OCH3 is 1. The lowest BCUT2D eigenvalue weighted by Gasteiger charge is -2.24. The molecule has 2 unspecified atom stereocenters. The molecule has 0 bridgehead atoms. The van der Waals surface area contributed by atoms with E-state index in [0.717, 1.165) is 27.8 Å². The van der Waals surface area contributed by atoms with Gasteiger partial charge >= 0.3 is 6.09 Å². The number of aromatic hydroxyl groups is 1. The van der Waals surface area contributed by atoms with Crippen LogP contribution in [0.5, 0.6) is 17.2 Å². The van der Waals surface area contributed by atoms with Crippen LogP contribution in [-0.2, 0) is 11.3 Å². The lowest BCUT2D eigenvalue weighted by Crippen LogP contribution is -2.27. The number of aliphatic hydroxyl groups excluding tert-OH is 1. The van der Waals surface area contributed by atoms with Gasteiger partial charge in [0.2, 0.25) is 0 Å². The number of amides is 1. The Labute approximate surface area is 268 Å². The fourth-order valence-corrected chi connectivity index (χ4v) is 5.13. The molecule has 46 heavy (non-hydrogen) atoms. The maximum Gasteiger partial charge on any atom is 0.415 e. The van der Waals surface area contributed by atoms with Crippen molar-refractivity contribution in [2.75, 3.05) is 18.6 Å². The summed E-state index contributed by atoms with van der Waals surface area (Å²) in [6.45, 7) is 2.47. The predicted molar refractivity (Wildman–Crippen MR) is 176 cm³/mol. The number of nitrogens with zero attached hydrogens (tertiary/aromatic N) is 1. The van der Waals surface area contributed by atoms with Crippen LogP contribution in [0.25, 0.3) is 11.1 Å². The minimum atomic E-state index is -0.462. The van der Waals surface area contributed by atoms with Crippen LogP contribution in [0.4, 0.5) is 14.9 Å². The second kappa shape index (κ2) is 15.1. The molecule has 1 heterocycles. The number of rotatable bonds is 9. The first-order valence-electron chi connectivity index (χ1n) is 15.0. The largest absolute Gasteiger partial charge is 0.508 e. The van der Waals surface area contributed by atoms with E-state index in [0.29, 0.717) is 30.2 Å². The number of carbonyl (C=O) groups excluding carboxylic acids is 1. The van der Waals surface area contributed by atoms with Crippen LogP contribution in [0.1, 0.15) is 42.2 Å². The Kier molecular flexibility index (Phi) is 10.5. The average molecular weight is 622 g/mol. The average Bonchev–Trinajstić information content (AvgIpc) is 3.48. The maximum absolute atomic E-state index is 12.7. The van der Waals surface area contributed by atoms with Crippen molar-refractivity contribution >= 4 is 11.8 Å². The Morgan fingerprint density at radius 1 is 0.891 bits per heavy atom. The van der Waals surface area contributed by atoms with Crippen LogP contribution >= 0.6 is 0 Å². The fraction of sp³-hybridized carbons (Fsp3) is 0.184. The van der Waals surface area contributed by atoms with Crippen molar-refractivity contribution in [1.29, 1.82) is 0 Å². The van der Waals surface area contributed by atoms with Gasteiger partial charge in [-0.3, -0.25) is 4.90 Å². The lowest BCUT2D eigenvalue weighted by atomic mass is 9.98. The molecule has 1 aliphatic heterocycles. The normalized spacial score (nSPS) is 14.6. The summed E-state index contributed by atoms with van der Waals surface area (Å²) in [6, 6.07) is 35.7. The number of hydrogen-bond acceptors (Lipinski definition) is 6. The first-order valence-corrected chi connectivity index (χ1v) is 15.0. The molecule has 8 heteroatoms. The van der Waals surface area contributed by atoms with Gasteiger partial charge in [-0.05, 0) is 83.3 Å². The summed E-state index contributed by atoms with van der Waals surface area (Å²) in [5.74, 6) is 1.28. The zero-order valence-electron chi connectivity index (χ0n) is 25.7. The van der Waals surface area contributed by atoms with Crippen molar-refractivity contribution in [3.8, 4) is 28.4 Å². The van der Waals surface area contributed by atoms with Gasteiger partial charge in [0, 0.05) is 11.3 Å². The lowest BCUT2D eigenvalue weighted by molar-refractivity contribution is 0.173. The minimum Gasteiger partial charge on any atom is -0.508 e. The molecular weight excluding hydrogens is 585 g/mol. The minimum absolute atomic E-state index is 0.193. The van der Waals surface area contributed by atoms with Crippen LogP contribution < -0.4 is 14.4 Å². The molecule has 0 aliphatic carbocycles. The summed E-state index contributed by atoms with van der Waals surface area (Å²) >= 11 is 0. The zero-order valence-corrected chi connectivity index (χ0v) is 25.7. The Morgan fingerprint density at radius 3 is 2.28 bits per heavy atom. The van der Waals surface area contributed by atoms with Gasteiger partial charge < -0.3 is 24.4 Å². The second-order valence-electron chi connectivity index (χ2n) is 10.7. The van der Waals surface area contributed by atoms with Crippen LogP contribution in [0.3, 0.4) is 0 Å². The van der Waals surface area contributed by atoms with Gasteiger partial charge in [-0.2, -0.15) is 0 Å². The molecule has 2 N–H and O–H groups in total. The molecule has 236 valence electrons. The molecule has 0 radical (unpaired) electrons. The van der Waals surface area contributed by atoms with E-state index in [2.05, 4.69) is 0 Å². The molecule has 7 nitrogen and oxygen atoms in total. The first-order chi connectivity index (χ1) is 22.4. The number of carbonyl (C=O) groups is 1. The summed E-state index contributed by atoms with van der Waals surface area (Å²) < 4.78 is 29.4. The van der Waals surface area contributed by atoms with Crippen molar-refractivity contribution in [3.63, 3.8) is 0 Å². The highest BCUT2D eigenvalue weighted by molar-refractivity contribution is 5.91. The Morgan fingerprint density at radius 2 is 1.61 bits per heavy atom. The van der Waals surface area contributed by atoms with Gasteiger partial charge in [0.05, 0.1) is 13.2 Å². The number of cyclic esters (lactones) is 1. The third kappa shape index (κ3) is 7.83. The Balaban J connectivity index is 0.000000322. The third-order valence-electron chi connectivity index (χ3n) is 7.65. The van der Waals surface area contributed by atoms with E-state index in [1.54, 1.807) is 42.3 Å². The monoisotopic (exact) mass is 621 g/mol. The number of aliphatic hydroxyl groups is 1. The molecule has 2 atom stereocenters. The van der Waals surface area contributed by atoms with Crippen molar-refractivity contribution < 1.29 is 33.6 Å². The molecule has 1 saturated heterocycles. The van der Waals surface area contributed by atoms with E-state index >= 15 is 0 Å². The quantitative estimate of drug-likeness (QED) is 0.171. The number of phenolic OH excluding ortho intramolecular Hbond substituents is 1. The summed E-state index contributed by atoms with van der Waals surface area (Å²) in [6.07, 6.45) is -0.215. The van der Waals surface area contributed by atoms with Gasteiger partial charge in [-0.25, -0.2) is 9.18 Å². The van der Waals surface area contributed by atoms with Crippen molar-refractivity contribution in [2.45, 2.75) is 32.1 Å². The smallest absolute Gasteiger partial charge is 0.415 e. The molecule has 6 rings (SSSR count). The van der Waals surface area contributed by atoms with Crippen molar-refractivity contribution in [2.24, 2.45) is 0 Å². The molecule has 0 spiro atoms. The van der Waals surface area contributed by atoms with Crippen LogP contribution in [-0.4, -0.2) is 30.0 Å². The number of anilines is 1. The molecule has 0 aromatic heterocycles. The van der Waals surface area contributed by atoms with Crippen LogP contribution in [0.15, 0.2) is 121 Å². The van der Waals surface area contributed by atoms with E-state index in [-0.39, 0.29) is 24.2 Å². The van der Waals surface area contributed by atoms with Crippen LogP contribution in [0.2, 0.25) is 0 Å². The summed E-state index contributed by atoms with van der Waals surface area (Å²) in [4.78, 5) is 14.4. The Hall–Kier alpha value is -5.34. The van der Waals surface area contributed by atoms with E-state index in [1.807, 2.05) is 85.8 Å². The van der Waals surface area contributed by atoms with Crippen LogP contribution in [0, 0.1) is 5.82 Å². The van der Waals surface area contributed by atoms with Crippen molar-refractivity contribution in [3.05, 3.63) is 144 Å². The molecule has 5 aromatic rings. The standard InChI is InChI=1S/C29H25NO5.C9H11FO/c1-33-25-13-11-23(12-14-25)30-27(19-35-29(30)32)26-15-10-22(21-8-5-9-24(31)16-21)17-28(26)34-18-20-6-3-2-4-7-20;1-2-9(11)7-3-5-8(10)6-4-7/h2-17,27,31H,18-19H2,1H3;3-6,9,11H,2H2,1H3. The Bertz CT molecular complexity index is 1730. The highest BCUT2D eigenvalue weighted by Gasteiger charge is 2.37. The van der Waals surface area contributed by atoms with E-state index in [9.17, 15) is 19.4 Å². The van der Waals surface area contributed by atoms with Gasteiger partial charge in [-0.15, -0.1) is 0 Å². The van der Waals surface area contributed by atoms with Gasteiger partial charge in [0.1, 0.15) is 42.3 Å². The summed E-state index contributed by atoms with van der Waals surface area (Å²) in [5.41, 5.74) is 5.12. The molecular formula is C38H36FNO6. The van der Waals surface area contributed by atoms with Gasteiger partial charge in [0.25, 0.3) is 0 Å². The topological polar surface area (TPSA) is 88.5 Å². The molecule has 1 amide bonds. The van der Waals surface area contributed by atoms with Gasteiger partial charge in [0.15, 0.2) is 0 Å². The molecule has 1 aliphatic rings. The van der Waals surface area contributed by atoms with E-state index < -0.39 is 12.2 Å².